The summed E-state index contributed by atoms with van der Waals surface area (Å²) in [6.45, 7) is 0. The lowest BCUT2D eigenvalue weighted by Crippen LogP contribution is -2.55. The van der Waals surface area contributed by atoms with Crippen LogP contribution in [0.2, 0.25) is 0 Å². The molecule has 1 aliphatic carbocycles. The van der Waals surface area contributed by atoms with Crippen LogP contribution in [0, 0.1) is 5.82 Å². The average molecular weight is 265 g/mol. The molecule has 3 heteroatoms. The maximum Gasteiger partial charge on any atom is 0.126 e. The van der Waals surface area contributed by atoms with Gasteiger partial charge in [-0.3, -0.25) is 0 Å². The van der Waals surface area contributed by atoms with Crippen LogP contribution in [0.25, 0.3) is 0 Å². The molecule has 1 unspecified atom stereocenters. The Morgan fingerprint density at radius 1 is 1.21 bits per heavy atom. The predicted octanol–water partition coefficient (Wildman–Crippen LogP) is 2.99. The molecule has 0 spiro atoms. The predicted molar refractivity (Wildman–Crippen MR) is 75.6 cm³/mol. The van der Waals surface area contributed by atoms with Crippen molar-refractivity contribution < 1.29 is 9.50 Å². The van der Waals surface area contributed by atoms with Crippen molar-refractivity contribution in [2.75, 3.05) is 14.1 Å². The number of halogens is 1. The van der Waals surface area contributed by atoms with Crippen molar-refractivity contribution in [3.63, 3.8) is 0 Å². The van der Waals surface area contributed by atoms with E-state index in [2.05, 4.69) is 4.90 Å². The summed E-state index contributed by atoms with van der Waals surface area (Å²) in [7, 11) is 4.05. The zero-order chi connectivity index (χ0) is 13.9. The first-order valence-corrected chi connectivity index (χ1v) is 7.15. The van der Waals surface area contributed by atoms with Crippen LogP contribution in [-0.2, 0) is 6.42 Å². The Labute approximate surface area is 115 Å². The maximum atomic E-state index is 13.7. The molecule has 1 aromatic rings. The number of likely N-dealkylation sites (N-methyl/N-ethyl adjacent to an activating group) is 1. The third-order valence-corrected chi connectivity index (χ3v) is 4.60. The highest BCUT2D eigenvalue weighted by Gasteiger charge is 2.40. The Hall–Kier alpha value is -0.930. The van der Waals surface area contributed by atoms with Crippen molar-refractivity contribution in [1.82, 2.24) is 4.90 Å². The SMILES string of the molecule is CN(C)C1(C(O)Cc2ccccc2F)CCCCC1. The number of aliphatic hydroxyl groups is 1. The van der Waals surface area contributed by atoms with Gasteiger partial charge < -0.3 is 10.0 Å². The Morgan fingerprint density at radius 3 is 2.42 bits per heavy atom. The second-order valence-electron chi connectivity index (χ2n) is 5.87. The lowest BCUT2D eigenvalue weighted by molar-refractivity contribution is -0.0313. The highest BCUT2D eigenvalue weighted by molar-refractivity contribution is 5.19. The maximum absolute atomic E-state index is 13.7. The fraction of sp³-hybridized carbons (Fsp3) is 0.625. The molecule has 19 heavy (non-hydrogen) atoms. The van der Waals surface area contributed by atoms with E-state index in [1.165, 1.54) is 12.5 Å². The highest BCUT2D eigenvalue weighted by Crippen LogP contribution is 2.36. The number of aliphatic hydroxyl groups excluding tert-OH is 1. The van der Waals surface area contributed by atoms with E-state index < -0.39 is 6.10 Å². The van der Waals surface area contributed by atoms with E-state index in [1.807, 2.05) is 20.2 Å². The van der Waals surface area contributed by atoms with Crippen LogP contribution < -0.4 is 0 Å². The van der Waals surface area contributed by atoms with Crippen molar-refractivity contribution in [2.24, 2.45) is 0 Å². The topological polar surface area (TPSA) is 23.5 Å². The quantitative estimate of drug-likeness (QED) is 0.904. The van der Waals surface area contributed by atoms with Crippen molar-refractivity contribution >= 4 is 0 Å². The van der Waals surface area contributed by atoms with Gasteiger partial charge in [-0.25, -0.2) is 4.39 Å². The smallest absolute Gasteiger partial charge is 0.126 e. The standard InChI is InChI=1S/C16H24FNO/c1-18(2)16(10-6-3-7-11-16)15(19)12-13-8-4-5-9-14(13)17/h4-5,8-9,15,19H,3,6-7,10-12H2,1-2H3. The number of hydrogen-bond donors (Lipinski definition) is 1. The van der Waals surface area contributed by atoms with E-state index in [0.717, 1.165) is 25.7 Å². The lowest BCUT2D eigenvalue weighted by atomic mass is 9.75. The Morgan fingerprint density at radius 2 is 1.84 bits per heavy atom. The Kier molecular flexibility index (Phi) is 4.58. The van der Waals surface area contributed by atoms with E-state index in [1.54, 1.807) is 12.1 Å². The molecule has 1 fully saturated rings. The van der Waals surface area contributed by atoms with Gasteiger partial charge in [-0.15, -0.1) is 0 Å². The van der Waals surface area contributed by atoms with Crippen molar-refractivity contribution in [3.8, 4) is 0 Å². The van der Waals surface area contributed by atoms with E-state index in [4.69, 9.17) is 0 Å². The molecule has 0 bridgehead atoms. The molecule has 2 rings (SSSR count). The van der Waals surface area contributed by atoms with Gasteiger partial charge >= 0.3 is 0 Å². The van der Waals surface area contributed by atoms with Crippen molar-refractivity contribution in [1.29, 1.82) is 0 Å². The summed E-state index contributed by atoms with van der Waals surface area (Å²) >= 11 is 0. The minimum atomic E-state index is -0.514. The molecular formula is C16H24FNO. The van der Waals surface area contributed by atoms with Crippen LogP contribution >= 0.6 is 0 Å². The van der Waals surface area contributed by atoms with Crippen molar-refractivity contribution in [3.05, 3.63) is 35.6 Å². The molecule has 1 N–H and O–H groups in total. The van der Waals surface area contributed by atoms with Crippen LogP contribution in [0.4, 0.5) is 4.39 Å². The first kappa shape index (κ1) is 14.5. The van der Waals surface area contributed by atoms with Crippen LogP contribution in [0.5, 0.6) is 0 Å². The summed E-state index contributed by atoms with van der Waals surface area (Å²) in [4.78, 5) is 2.14. The minimum absolute atomic E-state index is 0.194. The number of hydrogen-bond acceptors (Lipinski definition) is 2. The fourth-order valence-electron chi connectivity index (χ4n) is 3.30. The van der Waals surface area contributed by atoms with Crippen molar-refractivity contribution in [2.45, 2.75) is 50.2 Å². The highest BCUT2D eigenvalue weighted by atomic mass is 19.1. The van der Waals surface area contributed by atoms with Gasteiger partial charge in [-0.2, -0.15) is 0 Å². The summed E-state index contributed by atoms with van der Waals surface area (Å²) in [5.74, 6) is -0.216. The van der Waals surface area contributed by atoms with Crippen LogP contribution in [0.15, 0.2) is 24.3 Å². The third kappa shape index (κ3) is 2.98. The number of rotatable bonds is 4. The molecule has 1 atom stereocenters. The van der Waals surface area contributed by atoms with Gasteiger partial charge in [-0.05, 0) is 38.6 Å². The molecular weight excluding hydrogens is 241 g/mol. The summed E-state index contributed by atoms with van der Waals surface area (Å²) in [6.07, 6.45) is 5.40. The van der Waals surface area contributed by atoms with E-state index in [0.29, 0.717) is 12.0 Å². The molecule has 0 aromatic heterocycles. The molecule has 106 valence electrons. The van der Waals surface area contributed by atoms with Crippen LogP contribution in [-0.4, -0.2) is 35.7 Å². The van der Waals surface area contributed by atoms with Gasteiger partial charge in [0.15, 0.2) is 0 Å². The summed E-state index contributed by atoms with van der Waals surface area (Å²) in [5, 5.41) is 10.7. The van der Waals surface area contributed by atoms with E-state index in [-0.39, 0.29) is 11.4 Å². The molecule has 0 saturated heterocycles. The monoisotopic (exact) mass is 265 g/mol. The second-order valence-corrected chi connectivity index (χ2v) is 5.87. The van der Waals surface area contributed by atoms with Gasteiger partial charge in [0.25, 0.3) is 0 Å². The van der Waals surface area contributed by atoms with Gasteiger partial charge in [0.1, 0.15) is 5.82 Å². The first-order chi connectivity index (χ1) is 9.06. The molecule has 0 heterocycles. The largest absolute Gasteiger partial charge is 0.391 e. The molecule has 2 nitrogen and oxygen atoms in total. The Bertz CT molecular complexity index is 413. The van der Waals surface area contributed by atoms with E-state index >= 15 is 0 Å². The molecule has 0 amide bonds. The Balaban J connectivity index is 2.16. The first-order valence-electron chi connectivity index (χ1n) is 7.15. The number of benzene rings is 1. The third-order valence-electron chi connectivity index (χ3n) is 4.60. The lowest BCUT2D eigenvalue weighted by Gasteiger charge is -2.46. The number of nitrogens with zero attached hydrogens (tertiary/aromatic N) is 1. The van der Waals surface area contributed by atoms with Gasteiger partial charge in [0.05, 0.1) is 6.10 Å². The zero-order valence-corrected chi connectivity index (χ0v) is 11.9. The normalized spacial score (nSPS) is 20.5. The zero-order valence-electron chi connectivity index (χ0n) is 11.9. The summed E-state index contributed by atoms with van der Waals surface area (Å²) in [6, 6.07) is 6.75. The van der Waals surface area contributed by atoms with Crippen LogP contribution in [0.1, 0.15) is 37.7 Å². The molecule has 0 radical (unpaired) electrons. The van der Waals surface area contributed by atoms with E-state index in [9.17, 15) is 9.50 Å². The van der Waals surface area contributed by atoms with Gasteiger partial charge in [-0.1, -0.05) is 37.5 Å². The molecule has 1 aromatic carbocycles. The average Bonchev–Trinajstić information content (AvgIpc) is 2.42. The van der Waals surface area contributed by atoms with Gasteiger partial charge in [0, 0.05) is 12.0 Å². The van der Waals surface area contributed by atoms with Crippen LogP contribution in [0.3, 0.4) is 0 Å². The van der Waals surface area contributed by atoms with Gasteiger partial charge in [0.2, 0.25) is 0 Å². The summed E-state index contributed by atoms with van der Waals surface area (Å²) in [5.41, 5.74) is 0.419. The molecule has 0 aliphatic heterocycles. The molecule has 1 aliphatic rings. The fourth-order valence-corrected chi connectivity index (χ4v) is 3.30. The second kappa shape index (κ2) is 6.02. The molecule has 1 saturated carbocycles. The summed E-state index contributed by atoms with van der Waals surface area (Å²) < 4.78 is 13.7. The minimum Gasteiger partial charge on any atom is -0.391 e.